The van der Waals surface area contributed by atoms with Crippen LogP contribution in [0.2, 0.25) is 0 Å². The van der Waals surface area contributed by atoms with Gasteiger partial charge in [0.15, 0.2) is 0 Å². The number of nitrogens with zero attached hydrogens (tertiary/aromatic N) is 2. The van der Waals surface area contributed by atoms with Gasteiger partial charge in [-0.3, -0.25) is 0 Å². The third kappa shape index (κ3) is 3.84. The van der Waals surface area contributed by atoms with Crippen LogP contribution in [0, 0.1) is 0 Å². The molecule has 0 spiro atoms. The quantitative estimate of drug-likeness (QED) is 0.191. The molecule has 0 N–H and O–H groups in total. The van der Waals surface area contributed by atoms with E-state index in [1.807, 2.05) is 12.1 Å². The number of aromatic nitrogens is 2. The lowest BCUT2D eigenvalue weighted by molar-refractivity contribution is 0.669. The molecule has 3 heterocycles. The van der Waals surface area contributed by atoms with E-state index in [0.29, 0.717) is 0 Å². The lowest BCUT2D eigenvalue weighted by atomic mass is 9.94. The second kappa shape index (κ2) is 10.1. The average molecular weight is 627 g/mol. The lowest BCUT2D eigenvalue weighted by Gasteiger charge is -2.15. The Hall–Kier alpha value is -6.32. The predicted molar refractivity (Wildman–Crippen MR) is 205 cm³/mol. The molecule has 0 atom stereocenters. The fourth-order valence-electron chi connectivity index (χ4n) is 8.36. The standard InChI is InChI=1S/C46H30N2O/c1-2-13-32(14-3-1)48-43-28-42-38(27-39(43)37-23-21-29-11-4-5-16-34(29)46(37)48)35-17-6-8-19-41(35)47(42)33-15-10-12-30(25-33)31-22-24-45-40(26-31)36-18-7-9-20-44(36)49-45/h1-4,6-15,17-28H,5,16H2. The van der Waals surface area contributed by atoms with Crippen molar-refractivity contribution < 1.29 is 4.42 Å². The van der Waals surface area contributed by atoms with Crippen molar-refractivity contribution in [2.24, 2.45) is 0 Å². The molecule has 0 aliphatic heterocycles. The molecule has 0 saturated carbocycles. The van der Waals surface area contributed by atoms with Crippen LogP contribution in [-0.4, -0.2) is 9.13 Å². The van der Waals surface area contributed by atoms with Gasteiger partial charge in [-0.2, -0.15) is 0 Å². The molecule has 10 aromatic rings. The van der Waals surface area contributed by atoms with Crippen molar-refractivity contribution in [3.05, 3.63) is 163 Å². The first kappa shape index (κ1) is 26.7. The molecule has 7 aromatic carbocycles. The van der Waals surface area contributed by atoms with Crippen molar-refractivity contribution in [1.82, 2.24) is 9.13 Å². The summed E-state index contributed by atoms with van der Waals surface area (Å²) in [6.07, 6.45) is 6.72. The molecule has 0 amide bonds. The fourth-order valence-corrected chi connectivity index (χ4v) is 8.36. The summed E-state index contributed by atoms with van der Waals surface area (Å²) in [6, 6.07) is 53.0. The molecular formula is C46H30N2O. The van der Waals surface area contributed by atoms with Crippen molar-refractivity contribution in [2.45, 2.75) is 12.8 Å². The highest BCUT2D eigenvalue weighted by atomic mass is 16.3. The lowest BCUT2D eigenvalue weighted by Crippen LogP contribution is -2.01. The maximum absolute atomic E-state index is 6.14. The van der Waals surface area contributed by atoms with Crippen molar-refractivity contribution in [3.8, 4) is 22.5 Å². The Balaban J connectivity index is 1.19. The molecule has 11 rings (SSSR count). The Kier molecular flexibility index (Phi) is 5.50. The number of furan rings is 1. The van der Waals surface area contributed by atoms with E-state index in [1.165, 1.54) is 71.6 Å². The van der Waals surface area contributed by atoms with Crippen LogP contribution in [-0.2, 0) is 6.42 Å². The van der Waals surface area contributed by atoms with Crippen molar-refractivity contribution in [2.75, 3.05) is 0 Å². The molecule has 0 fully saturated rings. The van der Waals surface area contributed by atoms with Gasteiger partial charge in [0.2, 0.25) is 0 Å². The zero-order valence-electron chi connectivity index (χ0n) is 26.7. The van der Waals surface area contributed by atoms with Crippen LogP contribution >= 0.6 is 0 Å². The number of hydrogen-bond donors (Lipinski definition) is 0. The van der Waals surface area contributed by atoms with Crippen molar-refractivity contribution >= 4 is 71.6 Å². The average Bonchev–Trinajstić information content (AvgIpc) is 3.81. The van der Waals surface area contributed by atoms with Gasteiger partial charge in [-0.05, 0) is 95.8 Å². The molecule has 1 aliphatic carbocycles. The zero-order valence-corrected chi connectivity index (χ0v) is 26.7. The van der Waals surface area contributed by atoms with Crippen LogP contribution in [0.1, 0.15) is 17.5 Å². The number of hydrogen-bond acceptors (Lipinski definition) is 1. The van der Waals surface area contributed by atoms with Crippen LogP contribution in [0.5, 0.6) is 0 Å². The maximum atomic E-state index is 6.14. The van der Waals surface area contributed by atoms with Crippen LogP contribution in [0.25, 0.3) is 94.1 Å². The molecule has 49 heavy (non-hydrogen) atoms. The summed E-state index contributed by atoms with van der Waals surface area (Å²) < 4.78 is 11.1. The van der Waals surface area contributed by atoms with Crippen LogP contribution in [0.3, 0.4) is 0 Å². The third-order valence-electron chi connectivity index (χ3n) is 10.6. The van der Waals surface area contributed by atoms with E-state index < -0.39 is 0 Å². The molecule has 1 aliphatic rings. The largest absolute Gasteiger partial charge is 0.456 e. The summed E-state index contributed by atoms with van der Waals surface area (Å²) in [5.41, 5.74) is 14.3. The van der Waals surface area contributed by atoms with E-state index in [-0.39, 0.29) is 0 Å². The summed E-state index contributed by atoms with van der Waals surface area (Å²) >= 11 is 0. The number of para-hydroxylation sites is 3. The normalized spacial score (nSPS) is 13.1. The van der Waals surface area contributed by atoms with Gasteiger partial charge in [0.25, 0.3) is 0 Å². The minimum Gasteiger partial charge on any atom is -0.456 e. The van der Waals surface area contributed by atoms with Gasteiger partial charge in [0.1, 0.15) is 11.2 Å². The summed E-state index contributed by atoms with van der Waals surface area (Å²) in [7, 11) is 0. The Bertz CT molecular complexity index is 2990. The minimum absolute atomic E-state index is 0.915. The first-order chi connectivity index (χ1) is 24.3. The molecule has 3 heteroatoms. The van der Waals surface area contributed by atoms with Crippen LogP contribution in [0.4, 0.5) is 0 Å². The number of fused-ring (bicyclic) bond motifs is 11. The monoisotopic (exact) mass is 626 g/mol. The van der Waals surface area contributed by atoms with E-state index in [2.05, 4.69) is 155 Å². The molecular weight excluding hydrogens is 597 g/mol. The number of rotatable bonds is 3. The number of allylic oxidation sites excluding steroid dienone is 1. The van der Waals surface area contributed by atoms with E-state index in [0.717, 1.165) is 40.5 Å². The second-order valence-corrected chi connectivity index (χ2v) is 13.2. The highest BCUT2D eigenvalue weighted by Crippen LogP contribution is 2.42. The SMILES string of the molecule is C1=Cc2ccc3c4cc5c6ccccc6n(-c6cccc(-c7ccc8oc9ccccc9c8c7)c6)c5cc4n(-c4ccccc4)c3c2CC1. The van der Waals surface area contributed by atoms with E-state index in [4.69, 9.17) is 4.42 Å². The molecule has 0 saturated heterocycles. The second-order valence-electron chi connectivity index (χ2n) is 13.2. The number of benzene rings is 7. The highest BCUT2D eigenvalue weighted by molar-refractivity contribution is 6.20. The molecule has 230 valence electrons. The van der Waals surface area contributed by atoms with Gasteiger partial charge in [-0.25, -0.2) is 0 Å². The molecule has 3 aromatic heterocycles. The smallest absolute Gasteiger partial charge is 0.135 e. The Morgan fingerprint density at radius 2 is 1.20 bits per heavy atom. The Labute approximate surface area is 282 Å². The van der Waals surface area contributed by atoms with Gasteiger partial charge in [-0.15, -0.1) is 0 Å². The summed E-state index contributed by atoms with van der Waals surface area (Å²) in [5.74, 6) is 0. The van der Waals surface area contributed by atoms with Crippen LogP contribution < -0.4 is 0 Å². The van der Waals surface area contributed by atoms with Crippen LogP contribution in [0.15, 0.2) is 156 Å². The number of aryl methyl sites for hydroxylation is 1. The summed E-state index contributed by atoms with van der Waals surface area (Å²) in [5, 5.41) is 7.43. The van der Waals surface area contributed by atoms with Crippen molar-refractivity contribution in [1.29, 1.82) is 0 Å². The van der Waals surface area contributed by atoms with Gasteiger partial charge in [0, 0.05) is 43.7 Å². The van der Waals surface area contributed by atoms with E-state index >= 15 is 0 Å². The Morgan fingerprint density at radius 3 is 2.14 bits per heavy atom. The minimum atomic E-state index is 0.915. The Morgan fingerprint density at radius 1 is 0.449 bits per heavy atom. The molecule has 0 radical (unpaired) electrons. The fraction of sp³-hybridized carbons (Fsp3) is 0.0435. The predicted octanol–water partition coefficient (Wildman–Crippen LogP) is 12.4. The van der Waals surface area contributed by atoms with Gasteiger partial charge in [-0.1, -0.05) is 97.1 Å². The highest BCUT2D eigenvalue weighted by Gasteiger charge is 2.22. The first-order valence-corrected chi connectivity index (χ1v) is 17.1. The molecule has 0 unspecified atom stereocenters. The summed E-state index contributed by atoms with van der Waals surface area (Å²) in [6.45, 7) is 0. The van der Waals surface area contributed by atoms with Gasteiger partial charge >= 0.3 is 0 Å². The maximum Gasteiger partial charge on any atom is 0.135 e. The molecule has 3 nitrogen and oxygen atoms in total. The molecule has 0 bridgehead atoms. The van der Waals surface area contributed by atoms with Gasteiger partial charge in [0.05, 0.1) is 22.1 Å². The van der Waals surface area contributed by atoms with Gasteiger partial charge < -0.3 is 13.6 Å². The topological polar surface area (TPSA) is 23.0 Å². The van der Waals surface area contributed by atoms with Crippen molar-refractivity contribution in [3.63, 3.8) is 0 Å². The summed E-state index contributed by atoms with van der Waals surface area (Å²) in [4.78, 5) is 0. The third-order valence-corrected chi connectivity index (χ3v) is 10.6. The van der Waals surface area contributed by atoms with E-state index in [1.54, 1.807) is 0 Å². The zero-order chi connectivity index (χ0) is 32.1. The first-order valence-electron chi connectivity index (χ1n) is 17.1. The van der Waals surface area contributed by atoms with E-state index in [9.17, 15) is 0 Å².